The van der Waals surface area contributed by atoms with Crippen LogP contribution in [0.3, 0.4) is 0 Å². The molecule has 3 aromatic rings. The van der Waals surface area contributed by atoms with Crippen LogP contribution < -0.4 is 5.43 Å². The van der Waals surface area contributed by atoms with Gasteiger partial charge in [-0.1, -0.05) is 36.4 Å². The molecule has 0 atom stereocenters. The number of hydrogen-bond donors (Lipinski definition) is 2. The molecule has 1 aromatic heterocycles. The summed E-state index contributed by atoms with van der Waals surface area (Å²) in [5.74, 6) is -1.26. The van der Waals surface area contributed by atoms with Gasteiger partial charge in [-0.05, 0) is 29.7 Å². The Kier molecular flexibility index (Phi) is 4.44. The van der Waals surface area contributed by atoms with Gasteiger partial charge in [0.05, 0.1) is 12.1 Å². The number of pyridine rings is 1. The molecule has 24 heavy (non-hydrogen) atoms. The number of aliphatic hydroxyl groups is 1. The van der Waals surface area contributed by atoms with Gasteiger partial charge in [0.15, 0.2) is 0 Å². The van der Waals surface area contributed by atoms with Gasteiger partial charge in [0, 0.05) is 18.1 Å². The van der Waals surface area contributed by atoms with Gasteiger partial charge < -0.3 is 14.8 Å². The third kappa shape index (κ3) is 3.07. The van der Waals surface area contributed by atoms with E-state index in [0.717, 1.165) is 11.1 Å². The van der Waals surface area contributed by atoms with E-state index in [-0.39, 0.29) is 18.7 Å². The van der Waals surface area contributed by atoms with E-state index in [1.807, 2.05) is 36.4 Å². The second-order valence-electron chi connectivity index (χ2n) is 5.61. The third-order valence-corrected chi connectivity index (χ3v) is 3.97. The first-order chi connectivity index (χ1) is 11.6. The van der Waals surface area contributed by atoms with Crippen molar-refractivity contribution in [3.8, 4) is 0 Å². The van der Waals surface area contributed by atoms with Crippen molar-refractivity contribution < 1.29 is 15.0 Å². The number of aromatic nitrogens is 1. The van der Waals surface area contributed by atoms with Crippen LogP contribution in [0.25, 0.3) is 10.9 Å². The molecule has 0 unspecified atom stereocenters. The highest BCUT2D eigenvalue weighted by atomic mass is 16.4. The van der Waals surface area contributed by atoms with E-state index >= 15 is 0 Å². The molecular weight excluding hydrogens is 306 g/mol. The highest BCUT2D eigenvalue weighted by molar-refractivity contribution is 5.92. The van der Waals surface area contributed by atoms with Gasteiger partial charge in [-0.3, -0.25) is 4.79 Å². The molecule has 0 saturated heterocycles. The van der Waals surface area contributed by atoms with Crippen LogP contribution >= 0.6 is 0 Å². The summed E-state index contributed by atoms with van der Waals surface area (Å²) in [7, 11) is 0. The minimum Gasteiger partial charge on any atom is -0.477 e. The fourth-order valence-corrected chi connectivity index (χ4v) is 2.83. The molecule has 5 heteroatoms. The number of carboxylic acid groups (broad SMARTS) is 1. The van der Waals surface area contributed by atoms with Crippen LogP contribution in [-0.2, 0) is 13.0 Å². The van der Waals surface area contributed by atoms with Crippen LogP contribution in [0.4, 0.5) is 0 Å². The highest BCUT2D eigenvalue weighted by Crippen LogP contribution is 2.17. The van der Waals surface area contributed by atoms with Gasteiger partial charge in [0.25, 0.3) is 0 Å². The fraction of sp³-hybridized carbons (Fsp3) is 0.158. The van der Waals surface area contributed by atoms with Crippen LogP contribution in [0.2, 0.25) is 0 Å². The van der Waals surface area contributed by atoms with E-state index in [1.54, 1.807) is 16.7 Å². The van der Waals surface area contributed by atoms with Gasteiger partial charge >= 0.3 is 5.97 Å². The predicted molar refractivity (Wildman–Crippen MR) is 91.5 cm³/mol. The summed E-state index contributed by atoms with van der Waals surface area (Å²) in [6, 6.07) is 15.3. The second kappa shape index (κ2) is 6.68. The zero-order valence-corrected chi connectivity index (χ0v) is 13.0. The summed E-state index contributed by atoms with van der Waals surface area (Å²) in [4.78, 5) is 23.8. The van der Waals surface area contributed by atoms with Gasteiger partial charge in [-0.15, -0.1) is 0 Å². The Bertz CT molecular complexity index is 945. The molecule has 0 radical (unpaired) electrons. The first-order valence-corrected chi connectivity index (χ1v) is 7.64. The largest absolute Gasteiger partial charge is 0.477 e. The number of nitrogens with zero attached hydrogens (tertiary/aromatic N) is 1. The normalized spacial score (nSPS) is 10.9. The lowest BCUT2D eigenvalue weighted by atomic mass is 10.0. The Hall–Kier alpha value is -2.92. The Labute approximate surface area is 138 Å². The lowest BCUT2D eigenvalue weighted by molar-refractivity contribution is 0.0694. The smallest absolute Gasteiger partial charge is 0.341 e. The summed E-state index contributed by atoms with van der Waals surface area (Å²) in [6.45, 7) is 0.0951. The van der Waals surface area contributed by atoms with E-state index in [2.05, 4.69) is 0 Å². The van der Waals surface area contributed by atoms with Crippen molar-refractivity contribution in [2.24, 2.45) is 0 Å². The molecule has 0 aliphatic rings. The number of aliphatic hydroxyl groups excluding tert-OH is 1. The zero-order valence-electron chi connectivity index (χ0n) is 13.0. The Morgan fingerprint density at radius 2 is 1.79 bits per heavy atom. The number of rotatable bonds is 5. The standard InChI is InChI=1S/C19H17NO4/c21-9-8-20-12-16(19(23)24)18(22)15-11-14(6-7-17(15)20)10-13-4-2-1-3-5-13/h1-7,11-12,21H,8-10H2,(H,23,24). The van der Waals surface area contributed by atoms with Crippen molar-refractivity contribution in [2.75, 3.05) is 6.61 Å². The Balaban J connectivity index is 2.15. The third-order valence-electron chi connectivity index (χ3n) is 3.97. The van der Waals surface area contributed by atoms with Gasteiger partial charge in [-0.2, -0.15) is 0 Å². The first kappa shape index (κ1) is 16.0. The van der Waals surface area contributed by atoms with Crippen molar-refractivity contribution in [1.29, 1.82) is 0 Å². The number of aromatic carboxylic acids is 1. The maximum atomic E-state index is 12.5. The van der Waals surface area contributed by atoms with Crippen molar-refractivity contribution in [3.63, 3.8) is 0 Å². The molecule has 2 aromatic carbocycles. The van der Waals surface area contributed by atoms with Crippen molar-refractivity contribution in [1.82, 2.24) is 4.57 Å². The van der Waals surface area contributed by atoms with E-state index in [0.29, 0.717) is 17.3 Å². The number of carboxylic acids is 1. The summed E-state index contributed by atoms with van der Waals surface area (Å²) in [6.07, 6.45) is 1.95. The van der Waals surface area contributed by atoms with Crippen LogP contribution in [0.15, 0.2) is 59.5 Å². The van der Waals surface area contributed by atoms with Gasteiger partial charge in [0.2, 0.25) is 5.43 Å². The zero-order chi connectivity index (χ0) is 17.1. The number of carbonyl (C=O) groups is 1. The number of benzene rings is 2. The molecule has 2 N–H and O–H groups in total. The predicted octanol–water partition coefficient (Wildman–Crippen LogP) is 2.28. The minimum atomic E-state index is -1.26. The molecule has 0 aliphatic heterocycles. The van der Waals surface area contributed by atoms with E-state index in [4.69, 9.17) is 0 Å². The topological polar surface area (TPSA) is 79.5 Å². The Morgan fingerprint density at radius 3 is 2.46 bits per heavy atom. The maximum Gasteiger partial charge on any atom is 0.341 e. The van der Waals surface area contributed by atoms with Gasteiger partial charge in [0.1, 0.15) is 5.56 Å². The maximum absolute atomic E-state index is 12.5. The molecule has 1 heterocycles. The molecular formula is C19H17NO4. The molecule has 0 aliphatic carbocycles. The second-order valence-corrected chi connectivity index (χ2v) is 5.61. The summed E-state index contributed by atoms with van der Waals surface area (Å²) in [5.41, 5.74) is 1.89. The van der Waals surface area contributed by atoms with E-state index in [9.17, 15) is 19.8 Å². The van der Waals surface area contributed by atoms with Crippen molar-refractivity contribution in [3.05, 3.63) is 81.6 Å². The van der Waals surface area contributed by atoms with Crippen LogP contribution in [0, 0.1) is 0 Å². The molecule has 5 nitrogen and oxygen atoms in total. The quantitative estimate of drug-likeness (QED) is 0.755. The van der Waals surface area contributed by atoms with Gasteiger partial charge in [-0.25, -0.2) is 4.79 Å². The average Bonchev–Trinajstić information content (AvgIpc) is 2.58. The van der Waals surface area contributed by atoms with E-state index < -0.39 is 11.4 Å². The minimum absolute atomic E-state index is 0.136. The van der Waals surface area contributed by atoms with Crippen LogP contribution in [0.5, 0.6) is 0 Å². The highest BCUT2D eigenvalue weighted by Gasteiger charge is 2.14. The summed E-state index contributed by atoms with van der Waals surface area (Å²) >= 11 is 0. The van der Waals surface area contributed by atoms with Crippen LogP contribution in [0.1, 0.15) is 21.5 Å². The average molecular weight is 323 g/mol. The van der Waals surface area contributed by atoms with E-state index in [1.165, 1.54) is 6.20 Å². The molecule has 3 rings (SSSR count). The number of hydrogen-bond acceptors (Lipinski definition) is 3. The van der Waals surface area contributed by atoms with Crippen molar-refractivity contribution >= 4 is 16.9 Å². The summed E-state index contributed by atoms with van der Waals surface area (Å²) < 4.78 is 1.60. The lowest BCUT2D eigenvalue weighted by Gasteiger charge is -2.12. The molecule has 0 fully saturated rings. The molecule has 0 saturated carbocycles. The molecule has 0 spiro atoms. The first-order valence-electron chi connectivity index (χ1n) is 7.64. The molecule has 0 bridgehead atoms. The summed E-state index contributed by atoms with van der Waals surface area (Å²) in [5, 5.41) is 18.8. The number of fused-ring (bicyclic) bond motifs is 1. The SMILES string of the molecule is O=C(O)c1cn(CCO)c2ccc(Cc3ccccc3)cc2c1=O. The monoisotopic (exact) mass is 323 g/mol. The lowest BCUT2D eigenvalue weighted by Crippen LogP contribution is -2.19. The van der Waals surface area contributed by atoms with Crippen LogP contribution in [-0.4, -0.2) is 27.4 Å². The fourth-order valence-electron chi connectivity index (χ4n) is 2.83. The molecule has 0 amide bonds. The van der Waals surface area contributed by atoms with Crippen molar-refractivity contribution in [2.45, 2.75) is 13.0 Å². The Morgan fingerprint density at radius 1 is 1.04 bits per heavy atom. The molecule has 122 valence electrons.